The third-order valence-corrected chi connectivity index (χ3v) is 4.44. The summed E-state index contributed by atoms with van der Waals surface area (Å²) in [6, 6.07) is 15.1. The van der Waals surface area contributed by atoms with Gasteiger partial charge in [0.1, 0.15) is 5.83 Å². The topological polar surface area (TPSA) is 0 Å². The van der Waals surface area contributed by atoms with E-state index in [1.807, 2.05) is 0 Å². The molecule has 0 saturated carbocycles. The molecule has 0 aliphatic heterocycles. The Balaban J connectivity index is 1.90. The van der Waals surface area contributed by atoms with E-state index in [-0.39, 0.29) is 5.83 Å². The van der Waals surface area contributed by atoms with Crippen molar-refractivity contribution >= 4 is 6.08 Å². The summed E-state index contributed by atoms with van der Waals surface area (Å²) >= 11 is 0. The molecule has 0 amide bonds. The summed E-state index contributed by atoms with van der Waals surface area (Å²) in [6.07, 6.45) is 6.60. The second-order valence-corrected chi connectivity index (χ2v) is 6.21. The van der Waals surface area contributed by atoms with E-state index in [0.717, 1.165) is 24.0 Å². The SMILES string of the molecule is C=C/C(F)=C\C(=C)C1=Cc2ccc(-c3ccc(C)cc3)cc2CC1. The summed E-state index contributed by atoms with van der Waals surface area (Å²) < 4.78 is 13.4. The van der Waals surface area contributed by atoms with Crippen LogP contribution in [0.15, 0.2) is 84.7 Å². The number of rotatable bonds is 4. The normalized spacial score (nSPS) is 13.9. The van der Waals surface area contributed by atoms with Crippen LogP contribution >= 0.6 is 0 Å². The Kier molecular flexibility index (Phi) is 4.61. The van der Waals surface area contributed by atoms with E-state index in [4.69, 9.17) is 0 Å². The van der Waals surface area contributed by atoms with Crippen LogP contribution in [0.5, 0.6) is 0 Å². The predicted octanol–water partition coefficient (Wildman–Crippen LogP) is 6.59. The van der Waals surface area contributed by atoms with Crippen LogP contribution in [0.3, 0.4) is 0 Å². The monoisotopic (exact) mass is 316 g/mol. The fourth-order valence-corrected chi connectivity index (χ4v) is 2.99. The number of hydrogen-bond acceptors (Lipinski definition) is 0. The number of hydrogen-bond donors (Lipinski definition) is 0. The van der Waals surface area contributed by atoms with Crippen LogP contribution in [0, 0.1) is 6.92 Å². The Bertz CT molecular complexity index is 848. The van der Waals surface area contributed by atoms with Crippen molar-refractivity contribution in [2.45, 2.75) is 19.8 Å². The first kappa shape index (κ1) is 16.2. The van der Waals surface area contributed by atoms with Crippen LogP contribution in [-0.2, 0) is 6.42 Å². The molecule has 0 aromatic heterocycles. The second kappa shape index (κ2) is 6.84. The van der Waals surface area contributed by atoms with Gasteiger partial charge in [-0.1, -0.05) is 67.3 Å². The molecule has 0 saturated heterocycles. The lowest BCUT2D eigenvalue weighted by molar-refractivity contribution is 0.666. The maximum atomic E-state index is 13.4. The van der Waals surface area contributed by atoms with E-state index < -0.39 is 0 Å². The molecule has 1 heteroatoms. The quantitative estimate of drug-likeness (QED) is 0.558. The van der Waals surface area contributed by atoms with Gasteiger partial charge < -0.3 is 0 Å². The molecule has 120 valence electrons. The molecule has 2 aromatic rings. The zero-order valence-electron chi connectivity index (χ0n) is 14.0. The maximum Gasteiger partial charge on any atom is 0.123 e. The molecule has 0 N–H and O–H groups in total. The zero-order valence-corrected chi connectivity index (χ0v) is 14.0. The molecule has 3 rings (SSSR count). The standard InChI is InChI=1S/C23H21F/c1-4-23(24)13-17(3)19-9-10-22-15-20(11-12-21(22)14-19)18-7-5-16(2)6-8-18/h4-8,11-15H,1,3,9-10H2,2H3/b23-13+. The highest BCUT2D eigenvalue weighted by molar-refractivity contribution is 5.71. The molecule has 2 aromatic carbocycles. The number of fused-ring (bicyclic) bond motifs is 1. The van der Waals surface area contributed by atoms with E-state index in [1.165, 1.54) is 40.0 Å². The van der Waals surface area contributed by atoms with Crippen molar-refractivity contribution in [3.8, 4) is 11.1 Å². The van der Waals surface area contributed by atoms with Gasteiger partial charge >= 0.3 is 0 Å². The fourth-order valence-electron chi connectivity index (χ4n) is 2.99. The van der Waals surface area contributed by atoms with Crippen molar-refractivity contribution in [1.29, 1.82) is 0 Å². The van der Waals surface area contributed by atoms with Crippen molar-refractivity contribution in [3.05, 3.63) is 101 Å². The zero-order chi connectivity index (χ0) is 17.1. The lowest BCUT2D eigenvalue weighted by Crippen LogP contribution is -2.01. The predicted molar refractivity (Wildman–Crippen MR) is 101 cm³/mol. The third kappa shape index (κ3) is 3.46. The molecule has 1 aliphatic rings. The van der Waals surface area contributed by atoms with Crippen LogP contribution in [0.25, 0.3) is 17.2 Å². The summed E-state index contributed by atoms with van der Waals surface area (Å²) in [6.45, 7) is 9.51. The molecule has 0 spiro atoms. The number of aryl methyl sites for hydroxylation is 2. The molecule has 0 radical (unpaired) electrons. The van der Waals surface area contributed by atoms with Crippen molar-refractivity contribution in [2.24, 2.45) is 0 Å². The van der Waals surface area contributed by atoms with Crippen LogP contribution < -0.4 is 0 Å². The summed E-state index contributed by atoms with van der Waals surface area (Å²) in [7, 11) is 0. The summed E-state index contributed by atoms with van der Waals surface area (Å²) in [5.41, 5.74) is 8.07. The van der Waals surface area contributed by atoms with Gasteiger partial charge in [0, 0.05) is 0 Å². The van der Waals surface area contributed by atoms with Crippen molar-refractivity contribution < 1.29 is 4.39 Å². The largest absolute Gasteiger partial charge is 0.207 e. The highest BCUT2D eigenvalue weighted by Crippen LogP contribution is 2.31. The molecule has 0 heterocycles. The lowest BCUT2D eigenvalue weighted by atomic mass is 9.87. The smallest absolute Gasteiger partial charge is 0.123 e. The first-order chi connectivity index (χ1) is 11.6. The Hall–Kier alpha value is -2.67. The molecule has 1 aliphatic carbocycles. The van der Waals surface area contributed by atoms with Crippen LogP contribution in [0.1, 0.15) is 23.1 Å². The Morgan fingerprint density at radius 3 is 2.46 bits per heavy atom. The molecule has 0 nitrogen and oxygen atoms in total. The van der Waals surface area contributed by atoms with Crippen molar-refractivity contribution in [3.63, 3.8) is 0 Å². The third-order valence-electron chi connectivity index (χ3n) is 4.44. The Labute approximate surface area is 143 Å². The first-order valence-corrected chi connectivity index (χ1v) is 8.16. The molecule has 0 bridgehead atoms. The molecule has 0 atom stereocenters. The van der Waals surface area contributed by atoms with Crippen molar-refractivity contribution in [2.75, 3.05) is 0 Å². The lowest BCUT2D eigenvalue weighted by Gasteiger charge is -2.18. The summed E-state index contributed by atoms with van der Waals surface area (Å²) in [5.74, 6) is -0.346. The summed E-state index contributed by atoms with van der Waals surface area (Å²) in [5, 5.41) is 0. The average molecular weight is 316 g/mol. The minimum Gasteiger partial charge on any atom is -0.207 e. The van der Waals surface area contributed by atoms with Crippen molar-refractivity contribution in [1.82, 2.24) is 0 Å². The van der Waals surface area contributed by atoms with Gasteiger partial charge in [-0.15, -0.1) is 0 Å². The first-order valence-electron chi connectivity index (χ1n) is 8.16. The van der Waals surface area contributed by atoms with Gasteiger partial charge in [0.15, 0.2) is 0 Å². The highest BCUT2D eigenvalue weighted by atomic mass is 19.1. The number of allylic oxidation sites excluding steroid dienone is 5. The van der Waals surface area contributed by atoms with Crippen LogP contribution in [0.4, 0.5) is 4.39 Å². The van der Waals surface area contributed by atoms with Crippen LogP contribution in [-0.4, -0.2) is 0 Å². The van der Waals surface area contributed by atoms with Gasteiger partial charge in [-0.2, -0.15) is 0 Å². The van der Waals surface area contributed by atoms with E-state index >= 15 is 0 Å². The number of halogens is 1. The van der Waals surface area contributed by atoms with Crippen LogP contribution in [0.2, 0.25) is 0 Å². The van der Waals surface area contributed by atoms with E-state index in [2.05, 4.69) is 68.6 Å². The van der Waals surface area contributed by atoms with Gasteiger partial charge in [0.25, 0.3) is 0 Å². The molecular weight excluding hydrogens is 295 g/mol. The highest BCUT2D eigenvalue weighted by Gasteiger charge is 2.13. The average Bonchev–Trinajstić information content (AvgIpc) is 2.61. The second-order valence-electron chi connectivity index (χ2n) is 6.21. The van der Waals surface area contributed by atoms with E-state index in [9.17, 15) is 4.39 Å². The van der Waals surface area contributed by atoms with Gasteiger partial charge in [-0.3, -0.25) is 0 Å². The minimum atomic E-state index is -0.346. The van der Waals surface area contributed by atoms with Gasteiger partial charge in [-0.05, 0) is 65.3 Å². The molecule has 0 unspecified atom stereocenters. The summed E-state index contributed by atoms with van der Waals surface area (Å²) in [4.78, 5) is 0. The molecule has 0 fully saturated rings. The maximum absolute atomic E-state index is 13.4. The molecular formula is C23H21F. The fraction of sp³-hybridized carbons (Fsp3) is 0.130. The Morgan fingerprint density at radius 1 is 1.04 bits per heavy atom. The van der Waals surface area contributed by atoms with E-state index in [0.29, 0.717) is 0 Å². The minimum absolute atomic E-state index is 0.346. The molecule has 24 heavy (non-hydrogen) atoms. The number of benzene rings is 2. The van der Waals surface area contributed by atoms with E-state index in [1.54, 1.807) is 0 Å². The van der Waals surface area contributed by atoms with Gasteiger partial charge in [0.2, 0.25) is 0 Å². The van der Waals surface area contributed by atoms with Gasteiger partial charge in [-0.25, -0.2) is 4.39 Å². The Morgan fingerprint density at radius 2 is 1.75 bits per heavy atom. The van der Waals surface area contributed by atoms with Gasteiger partial charge in [0.05, 0.1) is 0 Å².